The van der Waals surface area contributed by atoms with Crippen molar-refractivity contribution in [2.24, 2.45) is 0 Å². The van der Waals surface area contributed by atoms with Gasteiger partial charge in [-0.25, -0.2) is 4.98 Å². The first-order valence-electron chi connectivity index (χ1n) is 14.7. The van der Waals surface area contributed by atoms with Crippen molar-refractivity contribution in [3.05, 3.63) is 145 Å². The number of fused-ring (bicyclic) bond motifs is 4. The first kappa shape index (κ1) is 31.0. The van der Waals surface area contributed by atoms with Gasteiger partial charge in [0.25, 0.3) is 0 Å². The first-order chi connectivity index (χ1) is 21.9. The van der Waals surface area contributed by atoms with Crippen molar-refractivity contribution in [2.45, 2.75) is 26.2 Å². The largest absolute Gasteiger partial charge is 0.500 e. The number of imidazole rings is 1. The zero-order chi connectivity index (χ0) is 31.0. The van der Waals surface area contributed by atoms with Crippen LogP contribution in [-0.2, 0) is 25.5 Å². The number of rotatable bonds is 3. The standard InChI is InChI=1S/C28H21FN3O.C11H8N.Ir/c1-28(2,3)17-15-22-26(30-16-17)31-27(32(22)18-9-5-4-6-10-18)20-13-14-21(29)24-19-11-7-8-12-23(19)33-25(20)24;1-2-6-10(7-3-1)11-8-4-5-9-12-11;/h4-12,14-16H,1-3H3;1-6,8-9H;/q2*-1;. The zero-order valence-electron chi connectivity index (χ0n) is 25.5. The maximum Gasteiger partial charge on any atom is 0.168 e. The normalized spacial score (nSPS) is 11.3. The number of aromatic nitrogens is 4. The first-order valence-corrected chi connectivity index (χ1v) is 14.7. The van der Waals surface area contributed by atoms with Crippen LogP contribution in [0.3, 0.4) is 0 Å². The van der Waals surface area contributed by atoms with Gasteiger partial charge >= 0.3 is 0 Å². The van der Waals surface area contributed by atoms with E-state index in [1.54, 1.807) is 6.20 Å². The second-order valence-corrected chi connectivity index (χ2v) is 11.7. The fourth-order valence-corrected chi connectivity index (χ4v) is 5.35. The average Bonchev–Trinajstić information content (AvgIpc) is 3.65. The van der Waals surface area contributed by atoms with Crippen LogP contribution < -0.4 is 0 Å². The predicted octanol–water partition coefficient (Wildman–Crippen LogP) is 9.77. The molecule has 7 heteroatoms. The Labute approximate surface area is 280 Å². The van der Waals surface area contributed by atoms with E-state index < -0.39 is 0 Å². The van der Waals surface area contributed by atoms with Crippen molar-refractivity contribution in [1.29, 1.82) is 0 Å². The molecule has 0 N–H and O–H groups in total. The molecule has 8 rings (SSSR count). The molecule has 0 saturated carbocycles. The summed E-state index contributed by atoms with van der Waals surface area (Å²) >= 11 is 0. The Morgan fingerprint density at radius 1 is 0.826 bits per heavy atom. The number of hydrogen-bond donors (Lipinski definition) is 0. The predicted molar refractivity (Wildman–Crippen MR) is 178 cm³/mol. The van der Waals surface area contributed by atoms with E-state index in [2.05, 4.69) is 48.9 Å². The molecule has 0 unspecified atom stereocenters. The molecule has 229 valence electrons. The molecule has 0 fully saturated rings. The van der Waals surface area contributed by atoms with Gasteiger partial charge in [0.15, 0.2) is 5.65 Å². The summed E-state index contributed by atoms with van der Waals surface area (Å²) < 4.78 is 23.1. The third-order valence-corrected chi connectivity index (χ3v) is 7.67. The van der Waals surface area contributed by atoms with E-state index in [9.17, 15) is 4.39 Å². The Bertz CT molecular complexity index is 2220. The fourth-order valence-electron chi connectivity index (χ4n) is 5.35. The van der Waals surface area contributed by atoms with Crippen molar-refractivity contribution in [2.75, 3.05) is 0 Å². The molecule has 0 spiro atoms. The van der Waals surface area contributed by atoms with Crippen LogP contribution in [0.1, 0.15) is 26.3 Å². The summed E-state index contributed by atoms with van der Waals surface area (Å²) in [5.74, 6) is 0.244. The van der Waals surface area contributed by atoms with E-state index in [-0.39, 0.29) is 31.3 Å². The van der Waals surface area contributed by atoms with Crippen molar-refractivity contribution < 1.29 is 28.9 Å². The molecule has 4 aromatic carbocycles. The molecule has 8 aromatic rings. The van der Waals surface area contributed by atoms with Gasteiger partial charge in [0.05, 0.1) is 16.9 Å². The van der Waals surface area contributed by atoms with Crippen LogP contribution in [-0.4, -0.2) is 19.5 Å². The molecule has 0 bridgehead atoms. The monoisotopic (exact) mass is 781 g/mol. The molecule has 0 aliphatic rings. The Morgan fingerprint density at radius 2 is 1.59 bits per heavy atom. The molecule has 0 atom stereocenters. The third kappa shape index (κ3) is 5.87. The van der Waals surface area contributed by atoms with Gasteiger partial charge in [0, 0.05) is 49.4 Å². The van der Waals surface area contributed by atoms with Crippen LogP contribution in [0, 0.1) is 17.9 Å². The van der Waals surface area contributed by atoms with Crippen LogP contribution >= 0.6 is 0 Å². The number of halogens is 1. The summed E-state index contributed by atoms with van der Waals surface area (Å²) in [6.07, 6.45) is 3.66. The van der Waals surface area contributed by atoms with Gasteiger partial charge in [0.1, 0.15) is 5.58 Å². The molecule has 1 radical (unpaired) electrons. The van der Waals surface area contributed by atoms with Crippen molar-refractivity contribution in [1.82, 2.24) is 19.5 Å². The smallest absolute Gasteiger partial charge is 0.168 e. The average molecular weight is 781 g/mol. The van der Waals surface area contributed by atoms with Gasteiger partial charge in [-0.05, 0) is 52.4 Å². The summed E-state index contributed by atoms with van der Waals surface area (Å²) in [5.41, 5.74) is 7.14. The van der Waals surface area contributed by atoms with E-state index >= 15 is 0 Å². The minimum atomic E-state index is -0.366. The van der Waals surface area contributed by atoms with Crippen LogP contribution in [0.5, 0.6) is 0 Å². The number of benzene rings is 4. The molecule has 0 amide bonds. The molecule has 4 aromatic heterocycles. The molecule has 0 saturated heterocycles. The van der Waals surface area contributed by atoms with Gasteiger partial charge < -0.3 is 14.0 Å². The van der Waals surface area contributed by atoms with Crippen LogP contribution in [0.15, 0.2) is 126 Å². The van der Waals surface area contributed by atoms with Gasteiger partial charge in [-0.2, -0.15) is 0 Å². The summed E-state index contributed by atoms with van der Waals surface area (Å²) in [7, 11) is 0. The van der Waals surface area contributed by atoms with E-state index in [0.717, 1.165) is 33.4 Å². The van der Waals surface area contributed by atoms with Crippen LogP contribution in [0.2, 0.25) is 0 Å². The molecule has 0 aliphatic carbocycles. The Kier molecular flexibility index (Phi) is 8.63. The number of pyridine rings is 2. The minimum absolute atomic E-state index is 0. The Hall–Kier alpha value is -4.97. The summed E-state index contributed by atoms with van der Waals surface area (Å²) in [6.45, 7) is 6.48. The van der Waals surface area contributed by atoms with Crippen molar-refractivity contribution >= 4 is 33.1 Å². The topological polar surface area (TPSA) is 56.7 Å². The zero-order valence-corrected chi connectivity index (χ0v) is 27.9. The second-order valence-electron chi connectivity index (χ2n) is 11.7. The molecular formula is C39H29FIrN4O-2. The van der Waals surface area contributed by atoms with Crippen LogP contribution in [0.4, 0.5) is 4.39 Å². The van der Waals surface area contributed by atoms with Gasteiger partial charge in [-0.3, -0.25) is 9.37 Å². The molecule has 5 nitrogen and oxygen atoms in total. The number of furan rings is 1. The summed E-state index contributed by atoms with van der Waals surface area (Å²) in [6, 6.07) is 40.9. The van der Waals surface area contributed by atoms with Gasteiger partial charge in [-0.1, -0.05) is 74.9 Å². The van der Waals surface area contributed by atoms with Gasteiger partial charge in [0.2, 0.25) is 0 Å². The molecule has 0 aliphatic heterocycles. The minimum Gasteiger partial charge on any atom is -0.500 e. The van der Waals surface area contributed by atoms with E-state index in [4.69, 9.17) is 9.40 Å². The van der Waals surface area contributed by atoms with Gasteiger partial charge in [-0.15, -0.1) is 48.0 Å². The second kappa shape index (κ2) is 12.8. The summed E-state index contributed by atoms with van der Waals surface area (Å²) in [4.78, 5) is 13.8. The summed E-state index contributed by atoms with van der Waals surface area (Å²) in [5, 5.41) is 1.17. The van der Waals surface area contributed by atoms with E-state index in [1.165, 1.54) is 6.07 Å². The maximum atomic E-state index is 14.9. The number of hydrogen-bond acceptors (Lipinski definition) is 4. The quantitative estimate of drug-likeness (QED) is 0.168. The molecular weight excluding hydrogens is 752 g/mol. The number of para-hydroxylation sites is 2. The van der Waals surface area contributed by atoms with Crippen LogP contribution in [0.25, 0.3) is 61.4 Å². The molecule has 46 heavy (non-hydrogen) atoms. The molecule has 4 heterocycles. The van der Waals surface area contributed by atoms with E-state index in [0.29, 0.717) is 33.6 Å². The Balaban J connectivity index is 0.000000241. The SMILES string of the molecule is CC(C)(C)c1cnc2nc(-c3[c-]cc(F)c4c3oc3ccccc34)n(-c3ccccc3)c2c1.[Ir].[c-]1ccccc1-c1ccccn1. The van der Waals surface area contributed by atoms with E-state index in [1.807, 2.05) is 108 Å². The number of nitrogens with zero attached hydrogens (tertiary/aromatic N) is 4. The van der Waals surface area contributed by atoms with Crippen molar-refractivity contribution in [3.8, 4) is 28.3 Å². The fraction of sp³-hybridized carbons (Fsp3) is 0.103. The van der Waals surface area contributed by atoms with Crippen molar-refractivity contribution in [3.63, 3.8) is 0 Å². The maximum absolute atomic E-state index is 14.9. The third-order valence-electron chi connectivity index (χ3n) is 7.67. The Morgan fingerprint density at radius 3 is 2.33 bits per heavy atom.